The second-order valence-electron chi connectivity index (χ2n) is 7.27. The molecular formula is C22H21ClN4O2. The Morgan fingerprint density at radius 2 is 1.86 bits per heavy atom. The van der Waals surface area contributed by atoms with Crippen molar-refractivity contribution in [1.82, 2.24) is 15.2 Å². The third-order valence-electron chi connectivity index (χ3n) is 5.13. The molecule has 0 unspecified atom stereocenters. The molecule has 2 heterocycles. The van der Waals surface area contributed by atoms with E-state index in [4.69, 9.17) is 22.3 Å². The predicted octanol–water partition coefficient (Wildman–Crippen LogP) is 3.09. The molecule has 1 saturated heterocycles. The van der Waals surface area contributed by atoms with E-state index in [0.717, 1.165) is 17.5 Å². The van der Waals surface area contributed by atoms with Gasteiger partial charge in [0.25, 0.3) is 5.91 Å². The van der Waals surface area contributed by atoms with Crippen LogP contribution in [0.1, 0.15) is 27.6 Å². The number of nitrogens with one attached hydrogen (secondary N) is 1. The maximum atomic E-state index is 12.9. The van der Waals surface area contributed by atoms with E-state index in [2.05, 4.69) is 12.2 Å². The van der Waals surface area contributed by atoms with Crippen molar-refractivity contribution in [3.05, 3.63) is 64.7 Å². The van der Waals surface area contributed by atoms with Crippen molar-refractivity contribution < 1.29 is 9.59 Å². The first-order chi connectivity index (χ1) is 13.9. The maximum Gasteiger partial charge on any atom is 0.254 e. The standard InChI is InChI=1S/C22H21ClN4O2/c1-13-12-27(9-8-25-13)22(29)16-6-7-17-18(23)11-19(26-20(17)10-16)14-2-4-15(5-3-14)21(24)28/h2-7,10-11,13,25H,8-9,12H2,1H3,(H2,24,28)/t13-/m1/s1. The average Bonchev–Trinajstić information content (AvgIpc) is 2.72. The number of primary amides is 1. The summed E-state index contributed by atoms with van der Waals surface area (Å²) >= 11 is 6.48. The van der Waals surface area contributed by atoms with Gasteiger partial charge < -0.3 is 16.0 Å². The number of carbonyl (C=O) groups excluding carboxylic acids is 2. The van der Waals surface area contributed by atoms with E-state index in [0.29, 0.717) is 40.4 Å². The molecule has 2 amide bonds. The Labute approximate surface area is 173 Å². The number of rotatable bonds is 3. The van der Waals surface area contributed by atoms with E-state index in [-0.39, 0.29) is 11.9 Å². The van der Waals surface area contributed by atoms with Crippen molar-refractivity contribution >= 4 is 34.3 Å². The Kier molecular flexibility index (Phi) is 5.22. The van der Waals surface area contributed by atoms with Gasteiger partial charge in [0, 0.05) is 47.8 Å². The van der Waals surface area contributed by atoms with Crippen LogP contribution < -0.4 is 11.1 Å². The number of nitrogens with zero attached hydrogens (tertiary/aromatic N) is 2. The normalized spacial score (nSPS) is 16.8. The summed E-state index contributed by atoms with van der Waals surface area (Å²) in [6.45, 7) is 4.21. The summed E-state index contributed by atoms with van der Waals surface area (Å²) in [6, 6.07) is 14.3. The van der Waals surface area contributed by atoms with Gasteiger partial charge in [0.1, 0.15) is 0 Å². The molecule has 1 fully saturated rings. The fourth-order valence-electron chi connectivity index (χ4n) is 3.57. The monoisotopic (exact) mass is 408 g/mol. The summed E-state index contributed by atoms with van der Waals surface area (Å²) in [5.74, 6) is -0.485. The summed E-state index contributed by atoms with van der Waals surface area (Å²) in [5.41, 5.74) is 8.45. The van der Waals surface area contributed by atoms with Gasteiger partial charge in [0.2, 0.25) is 5.91 Å². The first kappa shape index (κ1) is 19.4. The fraction of sp³-hybridized carbons (Fsp3) is 0.227. The zero-order chi connectivity index (χ0) is 20.5. The molecule has 0 spiro atoms. The third kappa shape index (κ3) is 3.95. The molecule has 1 atom stereocenters. The summed E-state index contributed by atoms with van der Waals surface area (Å²) in [7, 11) is 0. The van der Waals surface area contributed by atoms with Crippen LogP contribution in [0.4, 0.5) is 0 Å². The van der Waals surface area contributed by atoms with Crippen molar-refractivity contribution in [2.45, 2.75) is 13.0 Å². The Morgan fingerprint density at radius 3 is 2.55 bits per heavy atom. The van der Waals surface area contributed by atoms with Gasteiger partial charge in [-0.3, -0.25) is 9.59 Å². The number of benzene rings is 2. The molecule has 1 aliphatic heterocycles. The Hall–Kier alpha value is -2.96. The largest absolute Gasteiger partial charge is 0.366 e. The van der Waals surface area contributed by atoms with Gasteiger partial charge >= 0.3 is 0 Å². The first-order valence-corrected chi connectivity index (χ1v) is 9.83. The number of hydrogen-bond donors (Lipinski definition) is 2. The van der Waals surface area contributed by atoms with Crippen molar-refractivity contribution in [2.75, 3.05) is 19.6 Å². The molecule has 3 aromatic rings. The number of aromatic nitrogens is 1. The number of pyridine rings is 1. The number of hydrogen-bond acceptors (Lipinski definition) is 4. The van der Waals surface area contributed by atoms with E-state index < -0.39 is 5.91 Å². The quantitative estimate of drug-likeness (QED) is 0.697. The number of amides is 2. The number of halogens is 1. The number of nitrogens with two attached hydrogens (primary N) is 1. The smallest absolute Gasteiger partial charge is 0.254 e. The van der Waals surface area contributed by atoms with Crippen LogP contribution in [0.15, 0.2) is 48.5 Å². The van der Waals surface area contributed by atoms with E-state index in [9.17, 15) is 9.59 Å². The summed E-state index contributed by atoms with van der Waals surface area (Å²) in [6.07, 6.45) is 0. The molecular weight excluding hydrogens is 388 g/mol. The molecule has 0 saturated carbocycles. The third-order valence-corrected chi connectivity index (χ3v) is 5.44. The number of fused-ring (bicyclic) bond motifs is 1. The van der Waals surface area contributed by atoms with E-state index in [1.807, 2.05) is 11.0 Å². The van der Waals surface area contributed by atoms with Gasteiger partial charge in [-0.1, -0.05) is 29.8 Å². The van der Waals surface area contributed by atoms with Crippen LogP contribution in [0.2, 0.25) is 5.02 Å². The van der Waals surface area contributed by atoms with Gasteiger partial charge in [-0.15, -0.1) is 0 Å². The van der Waals surface area contributed by atoms with Crippen LogP contribution in [-0.2, 0) is 0 Å². The Bertz CT molecular complexity index is 1100. The lowest BCUT2D eigenvalue weighted by atomic mass is 10.1. The van der Waals surface area contributed by atoms with E-state index in [1.165, 1.54) is 0 Å². The molecule has 4 rings (SSSR count). The maximum absolute atomic E-state index is 12.9. The van der Waals surface area contributed by atoms with E-state index in [1.54, 1.807) is 42.5 Å². The summed E-state index contributed by atoms with van der Waals surface area (Å²) < 4.78 is 0. The summed E-state index contributed by atoms with van der Waals surface area (Å²) in [5, 5.41) is 4.68. The second-order valence-corrected chi connectivity index (χ2v) is 7.68. The van der Waals surface area contributed by atoms with Crippen LogP contribution in [0, 0.1) is 0 Å². The lowest BCUT2D eigenvalue weighted by Crippen LogP contribution is -2.51. The highest BCUT2D eigenvalue weighted by atomic mass is 35.5. The fourth-order valence-corrected chi connectivity index (χ4v) is 3.83. The van der Waals surface area contributed by atoms with Gasteiger partial charge in [-0.2, -0.15) is 0 Å². The molecule has 29 heavy (non-hydrogen) atoms. The van der Waals surface area contributed by atoms with Crippen LogP contribution in [-0.4, -0.2) is 47.4 Å². The second kappa shape index (κ2) is 7.81. The lowest BCUT2D eigenvalue weighted by Gasteiger charge is -2.32. The van der Waals surface area contributed by atoms with Crippen molar-refractivity contribution in [2.24, 2.45) is 5.73 Å². The van der Waals surface area contributed by atoms with Gasteiger partial charge in [0.15, 0.2) is 0 Å². The predicted molar refractivity (Wildman–Crippen MR) is 114 cm³/mol. The summed E-state index contributed by atoms with van der Waals surface area (Å²) in [4.78, 5) is 30.8. The van der Waals surface area contributed by atoms with Crippen LogP contribution >= 0.6 is 11.6 Å². The molecule has 0 radical (unpaired) electrons. The highest BCUT2D eigenvalue weighted by molar-refractivity contribution is 6.35. The van der Waals surface area contributed by atoms with Gasteiger partial charge in [0.05, 0.1) is 16.2 Å². The zero-order valence-electron chi connectivity index (χ0n) is 16.0. The molecule has 0 bridgehead atoms. The molecule has 1 aromatic heterocycles. The minimum Gasteiger partial charge on any atom is -0.366 e. The van der Waals surface area contributed by atoms with Crippen molar-refractivity contribution in [1.29, 1.82) is 0 Å². The lowest BCUT2D eigenvalue weighted by molar-refractivity contribution is 0.0709. The van der Waals surface area contributed by atoms with Gasteiger partial charge in [-0.05, 0) is 37.3 Å². The van der Waals surface area contributed by atoms with E-state index >= 15 is 0 Å². The van der Waals surface area contributed by atoms with Crippen LogP contribution in [0.5, 0.6) is 0 Å². The van der Waals surface area contributed by atoms with Crippen LogP contribution in [0.25, 0.3) is 22.2 Å². The minimum atomic E-state index is -0.480. The average molecular weight is 409 g/mol. The molecule has 0 aliphatic carbocycles. The molecule has 3 N–H and O–H groups in total. The Morgan fingerprint density at radius 1 is 1.14 bits per heavy atom. The topological polar surface area (TPSA) is 88.3 Å². The molecule has 1 aliphatic rings. The highest BCUT2D eigenvalue weighted by Gasteiger charge is 2.22. The first-order valence-electron chi connectivity index (χ1n) is 9.45. The molecule has 2 aromatic carbocycles. The molecule has 7 heteroatoms. The highest BCUT2D eigenvalue weighted by Crippen LogP contribution is 2.29. The Balaban J connectivity index is 1.70. The van der Waals surface area contributed by atoms with Crippen molar-refractivity contribution in [3.63, 3.8) is 0 Å². The van der Waals surface area contributed by atoms with Crippen LogP contribution in [0.3, 0.4) is 0 Å². The van der Waals surface area contributed by atoms with Crippen molar-refractivity contribution in [3.8, 4) is 11.3 Å². The molecule has 6 nitrogen and oxygen atoms in total. The van der Waals surface area contributed by atoms with Gasteiger partial charge in [-0.25, -0.2) is 4.98 Å². The minimum absolute atomic E-state index is 0.00520. The molecule has 148 valence electrons. The zero-order valence-corrected chi connectivity index (χ0v) is 16.7. The number of piperazine rings is 1. The SMILES string of the molecule is C[C@@H]1CN(C(=O)c2ccc3c(Cl)cc(-c4ccc(C(N)=O)cc4)nc3c2)CCN1. The number of carbonyl (C=O) groups is 2.